The van der Waals surface area contributed by atoms with Crippen LogP contribution in [0, 0.1) is 18.7 Å². The minimum Gasteiger partial charge on any atom is -0.309 e. The number of carbonyl (C=O) groups excluding carboxylic acids is 1. The molecule has 1 aliphatic rings. The first-order chi connectivity index (χ1) is 16.8. The van der Waals surface area contributed by atoms with Crippen molar-refractivity contribution >= 4 is 39.9 Å². The van der Waals surface area contributed by atoms with E-state index in [-0.39, 0.29) is 17.3 Å². The molecule has 1 fully saturated rings. The predicted molar refractivity (Wildman–Crippen MR) is 125 cm³/mol. The van der Waals surface area contributed by atoms with Gasteiger partial charge in [-0.3, -0.25) is 19.6 Å². The lowest BCUT2D eigenvalue weighted by Crippen LogP contribution is -2.15. The maximum atomic E-state index is 15.8. The molecule has 0 spiro atoms. The second-order valence-corrected chi connectivity index (χ2v) is 9.06. The summed E-state index contributed by atoms with van der Waals surface area (Å²) in [6.07, 6.45) is 7.08. The van der Waals surface area contributed by atoms with Crippen LogP contribution in [0.4, 0.5) is 14.6 Å². The van der Waals surface area contributed by atoms with E-state index >= 15 is 4.39 Å². The lowest BCUT2D eigenvalue weighted by molar-refractivity contribution is -0.117. The van der Waals surface area contributed by atoms with Crippen molar-refractivity contribution in [1.29, 1.82) is 0 Å². The average Bonchev–Trinajstić information content (AvgIpc) is 3.18. The van der Waals surface area contributed by atoms with Crippen LogP contribution in [-0.4, -0.2) is 46.4 Å². The molecule has 1 aromatic carbocycles. The number of imidazole rings is 1. The van der Waals surface area contributed by atoms with Crippen LogP contribution in [0.15, 0.2) is 37.1 Å². The minimum atomic E-state index is -1.10. The molecule has 12 heteroatoms. The Balaban J connectivity index is 1.43. The molecule has 4 aromatic heterocycles. The lowest BCUT2D eigenvalue weighted by Gasteiger charge is -2.19. The molecule has 1 aliphatic carbocycles. The van der Waals surface area contributed by atoms with E-state index in [0.29, 0.717) is 33.4 Å². The molecule has 4 heterocycles. The number of nitrogens with zero attached hydrogens (tertiary/aromatic N) is 6. The highest BCUT2D eigenvalue weighted by Crippen LogP contribution is 2.41. The molecule has 3 unspecified atom stereocenters. The minimum absolute atomic E-state index is 0.0891. The second kappa shape index (κ2) is 7.84. The van der Waals surface area contributed by atoms with Crippen LogP contribution in [0.1, 0.15) is 30.6 Å². The topological polar surface area (TPSA) is 106 Å². The highest BCUT2D eigenvalue weighted by Gasteiger charge is 2.43. The monoisotopic (exact) mass is 496 g/mol. The van der Waals surface area contributed by atoms with Crippen molar-refractivity contribution in [2.75, 3.05) is 5.32 Å². The number of alkyl halides is 1. The van der Waals surface area contributed by atoms with Crippen LogP contribution in [0.5, 0.6) is 0 Å². The SMILES string of the molecule is Cc1ccnn1C(C)c1c(F)c(Cl)c(-c2cn3cc(NC(=O)C4CC4F)nc3cn2)c2cn[nH]c12. The van der Waals surface area contributed by atoms with Gasteiger partial charge in [0.25, 0.3) is 0 Å². The van der Waals surface area contributed by atoms with Gasteiger partial charge in [-0.05, 0) is 26.3 Å². The standard InChI is InChI=1S/C23H19ClF2N8O/c1-10-3-4-29-34(10)11(2)18-21(26)20(24)19(13-6-28-32-22(13)18)15-8-33-9-16(30-17(33)7-27-15)31-23(35)12-5-14(12)25/h3-4,6-9,11-12,14H,5H2,1-2H3,(H,28,32)(H,31,35). The van der Waals surface area contributed by atoms with E-state index in [1.54, 1.807) is 33.9 Å². The fourth-order valence-corrected chi connectivity index (χ4v) is 4.73. The first-order valence-corrected chi connectivity index (χ1v) is 11.4. The van der Waals surface area contributed by atoms with E-state index in [1.807, 2.05) is 19.9 Å². The molecule has 1 amide bonds. The summed E-state index contributed by atoms with van der Waals surface area (Å²) in [6.45, 7) is 3.73. The van der Waals surface area contributed by atoms with Gasteiger partial charge in [-0.25, -0.2) is 13.8 Å². The van der Waals surface area contributed by atoms with Gasteiger partial charge in [-0.15, -0.1) is 0 Å². The first kappa shape index (κ1) is 21.7. The Kier molecular flexibility index (Phi) is 4.85. The maximum Gasteiger partial charge on any atom is 0.231 e. The van der Waals surface area contributed by atoms with Crippen LogP contribution < -0.4 is 5.32 Å². The zero-order valence-electron chi connectivity index (χ0n) is 18.6. The summed E-state index contributed by atoms with van der Waals surface area (Å²) in [7, 11) is 0. The third-order valence-electron chi connectivity index (χ3n) is 6.38. The first-order valence-electron chi connectivity index (χ1n) is 11.0. The lowest BCUT2D eigenvalue weighted by atomic mass is 9.98. The van der Waals surface area contributed by atoms with E-state index in [2.05, 4.69) is 30.6 Å². The highest BCUT2D eigenvalue weighted by molar-refractivity contribution is 6.35. The van der Waals surface area contributed by atoms with Crippen molar-refractivity contribution in [2.45, 2.75) is 32.5 Å². The quantitative estimate of drug-likeness (QED) is 0.373. The van der Waals surface area contributed by atoms with Gasteiger partial charge < -0.3 is 9.72 Å². The Morgan fingerprint density at radius 3 is 2.86 bits per heavy atom. The number of halogens is 3. The van der Waals surface area contributed by atoms with Crippen molar-refractivity contribution in [2.24, 2.45) is 5.92 Å². The third-order valence-corrected chi connectivity index (χ3v) is 6.73. The molecular weight excluding hydrogens is 478 g/mol. The summed E-state index contributed by atoms with van der Waals surface area (Å²) in [5.41, 5.74) is 2.94. The van der Waals surface area contributed by atoms with Crippen molar-refractivity contribution in [3.05, 3.63) is 59.1 Å². The fourth-order valence-electron chi connectivity index (χ4n) is 4.43. The smallest absolute Gasteiger partial charge is 0.231 e. The molecule has 0 radical (unpaired) electrons. The number of carbonyl (C=O) groups is 1. The molecule has 5 aromatic rings. The van der Waals surface area contributed by atoms with Crippen LogP contribution in [0.2, 0.25) is 5.02 Å². The number of benzene rings is 1. The summed E-state index contributed by atoms with van der Waals surface area (Å²) in [5, 5.41) is 14.5. The molecule has 2 N–H and O–H groups in total. The molecule has 35 heavy (non-hydrogen) atoms. The van der Waals surface area contributed by atoms with E-state index in [4.69, 9.17) is 11.6 Å². The Morgan fingerprint density at radius 1 is 1.34 bits per heavy atom. The third kappa shape index (κ3) is 3.45. The number of amides is 1. The molecule has 1 saturated carbocycles. The predicted octanol–water partition coefficient (Wildman–Crippen LogP) is 4.48. The summed E-state index contributed by atoms with van der Waals surface area (Å²) < 4.78 is 32.3. The molecule has 178 valence electrons. The number of H-pyrrole nitrogens is 1. The summed E-state index contributed by atoms with van der Waals surface area (Å²) in [5.74, 6) is -1.35. The van der Waals surface area contributed by atoms with Gasteiger partial charge >= 0.3 is 0 Å². The van der Waals surface area contributed by atoms with Gasteiger partial charge in [-0.2, -0.15) is 10.2 Å². The summed E-state index contributed by atoms with van der Waals surface area (Å²) in [4.78, 5) is 20.8. The molecule has 3 atom stereocenters. The molecule has 0 bridgehead atoms. The zero-order valence-corrected chi connectivity index (χ0v) is 19.4. The normalized spacial score (nSPS) is 18.3. The number of fused-ring (bicyclic) bond motifs is 2. The van der Waals surface area contributed by atoms with E-state index < -0.39 is 29.9 Å². The molecule has 0 aliphatic heterocycles. The number of anilines is 1. The van der Waals surface area contributed by atoms with Crippen LogP contribution >= 0.6 is 11.6 Å². The number of nitrogens with one attached hydrogen (secondary N) is 2. The number of rotatable bonds is 5. The van der Waals surface area contributed by atoms with Crippen molar-refractivity contribution < 1.29 is 13.6 Å². The maximum absolute atomic E-state index is 15.8. The number of aromatic amines is 1. The average molecular weight is 497 g/mol. The Labute approximate surface area is 202 Å². The highest BCUT2D eigenvalue weighted by atomic mass is 35.5. The molecular formula is C23H19ClF2N8O. The summed E-state index contributed by atoms with van der Waals surface area (Å²) in [6, 6.07) is 1.40. The Bertz CT molecular complexity index is 1620. The molecule has 6 rings (SSSR count). The van der Waals surface area contributed by atoms with E-state index in [9.17, 15) is 9.18 Å². The van der Waals surface area contributed by atoms with E-state index in [1.165, 1.54) is 6.20 Å². The van der Waals surface area contributed by atoms with Gasteiger partial charge in [0, 0.05) is 34.6 Å². The Morgan fingerprint density at radius 2 is 2.14 bits per heavy atom. The number of hydrogen-bond acceptors (Lipinski definition) is 5. The number of aryl methyl sites for hydroxylation is 1. The zero-order chi connectivity index (χ0) is 24.4. The van der Waals surface area contributed by atoms with Crippen LogP contribution in [-0.2, 0) is 4.79 Å². The van der Waals surface area contributed by atoms with Gasteiger partial charge in [0.2, 0.25) is 5.91 Å². The fraction of sp³-hybridized carbons (Fsp3) is 0.261. The van der Waals surface area contributed by atoms with Gasteiger partial charge in [0.05, 0.1) is 46.8 Å². The van der Waals surface area contributed by atoms with Crippen molar-refractivity contribution in [1.82, 2.24) is 34.3 Å². The number of hydrogen-bond donors (Lipinski definition) is 2. The molecule has 9 nitrogen and oxygen atoms in total. The van der Waals surface area contributed by atoms with Crippen LogP contribution in [0.25, 0.3) is 27.8 Å². The van der Waals surface area contributed by atoms with Gasteiger partial charge in [0.15, 0.2) is 11.5 Å². The molecule has 0 saturated heterocycles. The van der Waals surface area contributed by atoms with Crippen LogP contribution in [0.3, 0.4) is 0 Å². The summed E-state index contributed by atoms with van der Waals surface area (Å²) >= 11 is 6.59. The van der Waals surface area contributed by atoms with Gasteiger partial charge in [-0.1, -0.05) is 11.6 Å². The Hall–Kier alpha value is -3.86. The van der Waals surface area contributed by atoms with Crippen molar-refractivity contribution in [3.8, 4) is 11.3 Å². The number of aromatic nitrogens is 7. The largest absolute Gasteiger partial charge is 0.309 e. The van der Waals surface area contributed by atoms with Crippen molar-refractivity contribution in [3.63, 3.8) is 0 Å². The van der Waals surface area contributed by atoms with Gasteiger partial charge in [0.1, 0.15) is 12.0 Å². The second-order valence-electron chi connectivity index (χ2n) is 8.68. The van der Waals surface area contributed by atoms with E-state index in [0.717, 1.165) is 5.69 Å².